The van der Waals surface area contributed by atoms with Crippen molar-refractivity contribution in [1.29, 1.82) is 0 Å². The molecule has 3 nitrogen and oxygen atoms in total. The zero-order valence-corrected chi connectivity index (χ0v) is 10.5. The molecule has 2 aromatic rings. The first-order valence-corrected chi connectivity index (χ1v) is 6.13. The molecule has 100 valence electrons. The molecule has 3 N–H and O–H groups in total. The molecule has 20 heavy (non-hydrogen) atoms. The van der Waals surface area contributed by atoms with Crippen LogP contribution in [0.4, 0.5) is 20.3 Å². The molecular weight excluding hydrogens is 260 g/mol. The molecule has 0 saturated carbocycles. The SMILES string of the molecule is Nc1ccc(F)c(C#Cc2cnc3c(c2)CCN3)c1F. The van der Waals surface area contributed by atoms with E-state index < -0.39 is 11.6 Å². The quantitative estimate of drug-likeness (QED) is 0.571. The molecule has 1 aliphatic heterocycles. The Kier molecular flexibility index (Phi) is 2.99. The summed E-state index contributed by atoms with van der Waals surface area (Å²) in [7, 11) is 0. The molecule has 3 rings (SSSR count). The standard InChI is InChI=1S/C15H11F2N3/c16-12-3-4-13(18)14(17)11(12)2-1-9-7-10-5-6-19-15(10)20-8-9/h3-4,7-8H,5-6,18H2,(H,19,20). The molecule has 2 heterocycles. The van der Waals surface area contributed by atoms with E-state index in [1.54, 1.807) is 6.20 Å². The molecule has 1 aliphatic rings. The molecule has 0 unspecified atom stereocenters. The second-order valence-corrected chi connectivity index (χ2v) is 4.48. The zero-order chi connectivity index (χ0) is 14.1. The Labute approximate surface area is 114 Å². The fraction of sp³-hybridized carbons (Fsp3) is 0.133. The first-order chi connectivity index (χ1) is 9.65. The number of benzene rings is 1. The fourth-order valence-corrected chi connectivity index (χ4v) is 2.06. The average Bonchev–Trinajstić information content (AvgIpc) is 2.90. The van der Waals surface area contributed by atoms with Gasteiger partial charge in [0.2, 0.25) is 0 Å². The Bertz CT molecular complexity index is 745. The number of pyridine rings is 1. The van der Waals surface area contributed by atoms with E-state index in [9.17, 15) is 8.78 Å². The van der Waals surface area contributed by atoms with Gasteiger partial charge in [0, 0.05) is 18.3 Å². The van der Waals surface area contributed by atoms with Gasteiger partial charge in [0.25, 0.3) is 0 Å². The maximum atomic E-state index is 13.7. The van der Waals surface area contributed by atoms with E-state index in [4.69, 9.17) is 5.73 Å². The number of nitrogen functional groups attached to an aromatic ring is 1. The summed E-state index contributed by atoms with van der Waals surface area (Å²) in [5, 5.41) is 3.13. The van der Waals surface area contributed by atoms with Gasteiger partial charge in [-0.3, -0.25) is 0 Å². The van der Waals surface area contributed by atoms with Crippen molar-refractivity contribution in [1.82, 2.24) is 4.98 Å². The smallest absolute Gasteiger partial charge is 0.164 e. The van der Waals surface area contributed by atoms with Crippen LogP contribution in [-0.4, -0.2) is 11.5 Å². The summed E-state index contributed by atoms with van der Waals surface area (Å²) in [6.45, 7) is 0.845. The van der Waals surface area contributed by atoms with Gasteiger partial charge in [0.05, 0.1) is 11.3 Å². The Morgan fingerprint density at radius 2 is 2.10 bits per heavy atom. The molecular formula is C15H11F2N3. The van der Waals surface area contributed by atoms with E-state index in [-0.39, 0.29) is 11.3 Å². The Morgan fingerprint density at radius 3 is 2.95 bits per heavy atom. The van der Waals surface area contributed by atoms with Gasteiger partial charge in [-0.25, -0.2) is 13.8 Å². The predicted molar refractivity (Wildman–Crippen MR) is 73.2 cm³/mol. The van der Waals surface area contributed by atoms with Crippen molar-refractivity contribution >= 4 is 11.5 Å². The van der Waals surface area contributed by atoms with Crippen molar-refractivity contribution in [3.8, 4) is 11.8 Å². The molecule has 0 bridgehead atoms. The second kappa shape index (κ2) is 4.82. The molecule has 1 aromatic carbocycles. The number of nitrogens with two attached hydrogens (primary N) is 1. The lowest BCUT2D eigenvalue weighted by molar-refractivity contribution is 0.580. The summed E-state index contributed by atoms with van der Waals surface area (Å²) < 4.78 is 27.2. The van der Waals surface area contributed by atoms with Crippen LogP contribution >= 0.6 is 0 Å². The van der Waals surface area contributed by atoms with Gasteiger partial charge in [-0.2, -0.15) is 0 Å². The van der Waals surface area contributed by atoms with Crippen LogP contribution < -0.4 is 11.1 Å². The highest BCUT2D eigenvalue weighted by Gasteiger charge is 2.11. The van der Waals surface area contributed by atoms with Crippen LogP contribution in [0, 0.1) is 23.5 Å². The first kappa shape index (κ1) is 12.4. The summed E-state index contributed by atoms with van der Waals surface area (Å²) >= 11 is 0. The highest BCUT2D eigenvalue weighted by atomic mass is 19.1. The van der Waals surface area contributed by atoms with Crippen molar-refractivity contribution in [3.05, 3.63) is 52.7 Å². The van der Waals surface area contributed by atoms with E-state index in [0.717, 1.165) is 30.4 Å². The number of anilines is 2. The number of nitrogens with zero attached hydrogens (tertiary/aromatic N) is 1. The molecule has 0 amide bonds. The van der Waals surface area contributed by atoms with Crippen molar-refractivity contribution in [2.24, 2.45) is 0 Å². The Morgan fingerprint density at radius 1 is 1.25 bits per heavy atom. The van der Waals surface area contributed by atoms with Crippen molar-refractivity contribution in [2.45, 2.75) is 6.42 Å². The minimum Gasteiger partial charge on any atom is -0.396 e. The zero-order valence-electron chi connectivity index (χ0n) is 10.5. The van der Waals surface area contributed by atoms with Gasteiger partial charge in [-0.05, 0) is 30.2 Å². The summed E-state index contributed by atoms with van der Waals surface area (Å²) in [6.07, 6.45) is 2.45. The third-order valence-electron chi connectivity index (χ3n) is 3.11. The van der Waals surface area contributed by atoms with Gasteiger partial charge in [0.15, 0.2) is 5.82 Å². The topological polar surface area (TPSA) is 50.9 Å². The van der Waals surface area contributed by atoms with Crippen LogP contribution in [0.2, 0.25) is 0 Å². The molecule has 0 spiro atoms. The van der Waals surface area contributed by atoms with Gasteiger partial charge in [0.1, 0.15) is 11.6 Å². The van der Waals surface area contributed by atoms with Crippen molar-refractivity contribution in [3.63, 3.8) is 0 Å². The minimum atomic E-state index is -0.826. The monoisotopic (exact) mass is 271 g/mol. The lowest BCUT2D eigenvalue weighted by Crippen LogP contribution is -1.97. The van der Waals surface area contributed by atoms with Crippen LogP contribution in [-0.2, 0) is 6.42 Å². The van der Waals surface area contributed by atoms with Crippen LogP contribution in [0.3, 0.4) is 0 Å². The van der Waals surface area contributed by atoms with Crippen LogP contribution in [0.25, 0.3) is 0 Å². The summed E-state index contributed by atoms with van der Waals surface area (Å²) in [5.41, 5.74) is 6.65. The van der Waals surface area contributed by atoms with E-state index in [0.29, 0.717) is 5.56 Å². The number of aromatic nitrogens is 1. The third kappa shape index (κ3) is 2.16. The summed E-state index contributed by atoms with van der Waals surface area (Å²) in [6, 6.07) is 4.16. The molecule has 0 radical (unpaired) electrons. The predicted octanol–water partition coefficient (Wildman–Crippen LogP) is 2.31. The Hall–Kier alpha value is -2.61. The normalized spacial score (nSPS) is 12.3. The molecule has 0 aliphatic carbocycles. The molecule has 0 atom stereocenters. The lowest BCUT2D eigenvalue weighted by Gasteiger charge is -2.00. The molecule has 0 fully saturated rings. The number of hydrogen-bond donors (Lipinski definition) is 2. The third-order valence-corrected chi connectivity index (χ3v) is 3.11. The Balaban J connectivity index is 1.99. The molecule has 0 saturated heterocycles. The van der Waals surface area contributed by atoms with Crippen LogP contribution in [0.1, 0.15) is 16.7 Å². The summed E-state index contributed by atoms with van der Waals surface area (Å²) in [4.78, 5) is 4.21. The van der Waals surface area contributed by atoms with Crippen molar-refractivity contribution < 1.29 is 8.78 Å². The van der Waals surface area contributed by atoms with Crippen LogP contribution in [0.5, 0.6) is 0 Å². The van der Waals surface area contributed by atoms with Gasteiger partial charge < -0.3 is 11.1 Å². The number of hydrogen-bond acceptors (Lipinski definition) is 3. The number of halogens is 2. The second-order valence-electron chi connectivity index (χ2n) is 4.48. The molecule has 5 heteroatoms. The van der Waals surface area contributed by atoms with E-state index in [1.165, 1.54) is 6.07 Å². The average molecular weight is 271 g/mol. The van der Waals surface area contributed by atoms with Gasteiger partial charge >= 0.3 is 0 Å². The summed E-state index contributed by atoms with van der Waals surface area (Å²) in [5.74, 6) is 4.51. The van der Waals surface area contributed by atoms with E-state index in [2.05, 4.69) is 22.1 Å². The van der Waals surface area contributed by atoms with E-state index >= 15 is 0 Å². The highest BCUT2D eigenvalue weighted by molar-refractivity contribution is 5.55. The maximum absolute atomic E-state index is 13.7. The number of rotatable bonds is 0. The van der Waals surface area contributed by atoms with Gasteiger partial charge in [-0.1, -0.05) is 11.8 Å². The van der Waals surface area contributed by atoms with E-state index in [1.807, 2.05) is 6.07 Å². The minimum absolute atomic E-state index is 0.119. The lowest BCUT2D eigenvalue weighted by atomic mass is 10.1. The maximum Gasteiger partial charge on any atom is 0.164 e. The largest absolute Gasteiger partial charge is 0.396 e. The van der Waals surface area contributed by atoms with Crippen LogP contribution in [0.15, 0.2) is 24.4 Å². The first-order valence-electron chi connectivity index (χ1n) is 6.13. The molecule has 1 aromatic heterocycles. The van der Waals surface area contributed by atoms with Crippen molar-refractivity contribution in [2.75, 3.05) is 17.6 Å². The van der Waals surface area contributed by atoms with Gasteiger partial charge in [-0.15, -0.1) is 0 Å². The number of fused-ring (bicyclic) bond motifs is 1. The highest BCUT2D eigenvalue weighted by Crippen LogP contribution is 2.20. The fourth-order valence-electron chi connectivity index (χ4n) is 2.06. The number of nitrogens with one attached hydrogen (secondary N) is 1.